The van der Waals surface area contributed by atoms with Crippen molar-refractivity contribution >= 4 is 11.0 Å². The van der Waals surface area contributed by atoms with E-state index >= 15 is 0 Å². The second-order valence-electron chi connectivity index (χ2n) is 7.74. The Kier molecular flexibility index (Phi) is 4.57. The molecule has 2 aromatic heterocycles. The number of nitrogens with zero attached hydrogens (tertiary/aromatic N) is 2. The third kappa shape index (κ3) is 3.06. The van der Waals surface area contributed by atoms with Crippen LogP contribution < -0.4 is 0 Å². The summed E-state index contributed by atoms with van der Waals surface area (Å²) in [5, 5.41) is 1.17. The Morgan fingerprint density at radius 1 is 0.741 bits per heavy atom. The lowest BCUT2D eigenvalue weighted by Gasteiger charge is -2.23. The maximum atomic E-state index is 4.77. The van der Waals surface area contributed by atoms with Crippen LogP contribution in [0.4, 0.5) is 0 Å². The number of pyridine rings is 1. The van der Waals surface area contributed by atoms with Gasteiger partial charge in [-0.25, -0.2) is 4.98 Å². The largest absolute Gasteiger partial charge is 0.293 e. The average Bonchev–Trinajstić information content (AvgIpc) is 3.07. The molecule has 0 aliphatic rings. The number of aromatic nitrogens is 2. The first-order valence-electron chi connectivity index (χ1n) is 9.73. The minimum Gasteiger partial charge on any atom is -0.293 e. The quantitative estimate of drug-likeness (QED) is 0.388. The van der Waals surface area contributed by atoms with E-state index in [-0.39, 0.29) is 0 Å². The third-order valence-corrected chi connectivity index (χ3v) is 5.20. The highest BCUT2D eigenvalue weighted by atomic mass is 15.1. The van der Waals surface area contributed by atoms with Crippen molar-refractivity contribution in [2.45, 2.75) is 39.5 Å². The van der Waals surface area contributed by atoms with Gasteiger partial charge in [0.2, 0.25) is 0 Å². The third-order valence-electron chi connectivity index (χ3n) is 5.20. The van der Waals surface area contributed by atoms with Crippen molar-refractivity contribution in [1.29, 1.82) is 0 Å². The Labute approximate surface area is 161 Å². The summed E-state index contributed by atoms with van der Waals surface area (Å²) in [6.07, 6.45) is 1.89. The molecule has 0 aliphatic carbocycles. The molecule has 0 unspecified atom stereocenters. The highest BCUT2D eigenvalue weighted by Gasteiger charge is 2.21. The van der Waals surface area contributed by atoms with Gasteiger partial charge in [-0.3, -0.25) is 4.57 Å². The standard InChI is InChI=1S/C25H26N2/c1-17(2)21-13-8-14-22(18(3)4)24(21)27-23(19-10-6-5-7-11-19)16-20-12-9-15-26-25(20)27/h5-18H,1-4H3. The Bertz CT molecular complexity index is 1050. The molecule has 2 nitrogen and oxygen atoms in total. The lowest BCUT2D eigenvalue weighted by Crippen LogP contribution is -2.08. The molecule has 2 aromatic carbocycles. The van der Waals surface area contributed by atoms with Gasteiger partial charge in [-0.2, -0.15) is 0 Å². The Hall–Kier alpha value is -2.87. The Morgan fingerprint density at radius 3 is 2.04 bits per heavy atom. The number of rotatable bonds is 4. The maximum Gasteiger partial charge on any atom is 0.144 e. The zero-order chi connectivity index (χ0) is 19.0. The van der Waals surface area contributed by atoms with Crippen LogP contribution in [0.5, 0.6) is 0 Å². The van der Waals surface area contributed by atoms with E-state index in [1.54, 1.807) is 0 Å². The van der Waals surface area contributed by atoms with Crippen molar-refractivity contribution in [3.05, 3.63) is 84.1 Å². The van der Waals surface area contributed by atoms with E-state index in [1.807, 2.05) is 12.3 Å². The molecule has 0 amide bonds. The predicted octanol–water partition coefficient (Wildman–Crippen LogP) is 6.94. The number of fused-ring (bicyclic) bond motifs is 1. The maximum absolute atomic E-state index is 4.77. The highest BCUT2D eigenvalue weighted by Crippen LogP contribution is 2.37. The van der Waals surface area contributed by atoms with E-state index in [1.165, 1.54) is 33.5 Å². The molecule has 0 spiro atoms. The van der Waals surface area contributed by atoms with E-state index in [0.29, 0.717) is 11.8 Å². The summed E-state index contributed by atoms with van der Waals surface area (Å²) < 4.78 is 2.37. The molecule has 136 valence electrons. The minimum atomic E-state index is 0.434. The summed E-state index contributed by atoms with van der Waals surface area (Å²) in [6, 6.07) is 23.8. The van der Waals surface area contributed by atoms with E-state index in [4.69, 9.17) is 4.98 Å². The van der Waals surface area contributed by atoms with Crippen LogP contribution in [-0.2, 0) is 0 Å². The van der Waals surface area contributed by atoms with Gasteiger partial charge in [0.15, 0.2) is 0 Å². The lowest BCUT2D eigenvalue weighted by molar-refractivity contribution is 0.811. The van der Waals surface area contributed by atoms with Crippen LogP contribution >= 0.6 is 0 Å². The van der Waals surface area contributed by atoms with Crippen molar-refractivity contribution in [2.75, 3.05) is 0 Å². The molecular formula is C25H26N2. The van der Waals surface area contributed by atoms with Crippen molar-refractivity contribution in [3.8, 4) is 16.9 Å². The number of para-hydroxylation sites is 1. The van der Waals surface area contributed by atoms with E-state index in [0.717, 1.165) is 5.65 Å². The van der Waals surface area contributed by atoms with Gasteiger partial charge in [0.1, 0.15) is 5.65 Å². The lowest BCUT2D eigenvalue weighted by atomic mass is 9.92. The number of hydrogen-bond acceptors (Lipinski definition) is 1. The van der Waals surface area contributed by atoms with Crippen molar-refractivity contribution in [2.24, 2.45) is 0 Å². The van der Waals surface area contributed by atoms with Gasteiger partial charge < -0.3 is 0 Å². The summed E-state index contributed by atoms with van der Waals surface area (Å²) in [4.78, 5) is 4.77. The van der Waals surface area contributed by atoms with Crippen molar-refractivity contribution < 1.29 is 0 Å². The normalized spacial score (nSPS) is 11.6. The molecule has 4 aromatic rings. The second-order valence-corrected chi connectivity index (χ2v) is 7.74. The number of benzene rings is 2. The first kappa shape index (κ1) is 17.5. The van der Waals surface area contributed by atoms with Crippen LogP contribution in [-0.4, -0.2) is 9.55 Å². The van der Waals surface area contributed by atoms with E-state index in [2.05, 4.69) is 92.9 Å². The SMILES string of the molecule is CC(C)c1cccc(C(C)C)c1-n1c(-c2ccccc2)cc2cccnc21. The van der Waals surface area contributed by atoms with Crippen LogP contribution in [0.25, 0.3) is 28.0 Å². The number of hydrogen-bond donors (Lipinski definition) is 0. The molecular weight excluding hydrogens is 328 g/mol. The summed E-state index contributed by atoms with van der Waals surface area (Å²) in [6.45, 7) is 9.07. The topological polar surface area (TPSA) is 17.8 Å². The molecule has 2 heteroatoms. The molecule has 0 radical (unpaired) electrons. The fourth-order valence-electron chi connectivity index (χ4n) is 3.85. The van der Waals surface area contributed by atoms with E-state index in [9.17, 15) is 0 Å². The van der Waals surface area contributed by atoms with Gasteiger partial charge in [-0.1, -0.05) is 76.2 Å². The molecule has 0 atom stereocenters. The molecule has 0 saturated carbocycles. The molecule has 27 heavy (non-hydrogen) atoms. The van der Waals surface area contributed by atoms with E-state index < -0.39 is 0 Å². The summed E-state index contributed by atoms with van der Waals surface area (Å²) in [5.74, 6) is 0.868. The van der Waals surface area contributed by atoms with Crippen molar-refractivity contribution in [1.82, 2.24) is 9.55 Å². The minimum absolute atomic E-state index is 0.434. The summed E-state index contributed by atoms with van der Waals surface area (Å²) in [5.41, 5.74) is 7.44. The molecule has 0 saturated heterocycles. The smallest absolute Gasteiger partial charge is 0.144 e. The van der Waals surface area contributed by atoms with Crippen LogP contribution in [0, 0.1) is 0 Å². The predicted molar refractivity (Wildman–Crippen MR) is 115 cm³/mol. The van der Waals surface area contributed by atoms with Gasteiger partial charge in [-0.15, -0.1) is 0 Å². The van der Waals surface area contributed by atoms with Gasteiger partial charge in [0.25, 0.3) is 0 Å². The Morgan fingerprint density at radius 2 is 1.41 bits per heavy atom. The summed E-state index contributed by atoms with van der Waals surface area (Å²) >= 11 is 0. The van der Waals surface area contributed by atoms with Crippen LogP contribution in [0.15, 0.2) is 72.9 Å². The van der Waals surface area contributed by atoms with Gasteiger partial charge >= 0.3 is 0 Å². The molecule has 4 rings (SSSR count). The fourth-order valence-corrected chi connectivity index (χ4v) is 3.85. The van der Waals surface area contributed by atoms with Crippen LogP contribution in [0.3, 0.4) is 0 Å². The van der Waals surface area contributed by atoms with Gasteiger partial charge in [0.05, 0.1) is 11.4 Å². The van der Waals surface area contributed by atoms with Crippen LogP contribution in [0.1, 0.15) is 50.7 Å². The molecule has 0 N–H and O–H groups in total. The monoisotopic (exact) mass is 354 g/mol. The van der Waals surface area contributed by atoms with Crippen molar-refractivity contribution in [3.63, 3.8) is 0 Å². The molecule has 2 heterocycles. The van der Waals surface area contributed by atoms with Gasteiger partial charge in [0, 0.05) is 11.6 Å². The average molecular weight is 354 g/mol. The van der Waals surface area contributed by atoms with Gasteiger partial charge in [-0.05, 0) is 46.7 Å². The first-order chi connectivity index (χ1) is 13.1. The second kappa shape index (κ2) is 7.03. The highest BCUT2D eigenvalue weighted by molar-refractivity contribution is 5.87. The van der Waals surface area contributed by atoms with Crippen LogP contribution in [0.2, 0.25) is 0 Å². The molecule has 0 aliphatic heterocycles. The molecule has 0 bridgehead atoms. The summed E-state index contributed by atoms with van der Waals surface area (Å²) in [7, 11) is 0. The fraction of sp³-hybridized carbons (Fsp3) is 0.240. The first-order valence-corrected chi connectivity index (χ1v) is 9.73. The zero-order valence-corrected chi connectivity index (χ0v) is 16.5. The Balaban J connectivity index is 2.14. The molecule has 0 fully saturated rings. The zero-order valence-electron chi connectivity index (χ0n) is 16.5.